The number of benzene rings is 2. The molecule has 2 aromatic carbocycles. The van der Waals surface area contributed by atoms with Gasteiger partial charge in [0.2, 0.25) is 0 Å². The predicted molar refractivity (Wildman–Crippen MR) is 133 cm³/mol. The van der Waals surface area contributed by atoms with Gasteiger partial charge in [0, 0.05) is 24.6 Å². The lowest BCUT2D eigenvalue weighted by molar-refractivity contribution is -0.137. The van der Waals surface area contributed by atoms with Gasteiger partial charge in [0.05, 0.1) is 36.4 Å². The maximum atomic E-state index is 13.4. The summed E-state index contributed by atoms with van der Waals surface area (Å²) < 4.78 is 49.5. The van der Waals surface area contributed by atoms with Crippen molar-refractivity contribution in [2.45, 2.75) is 18.6 Å². The first-order valence-corrected chi connectivity index (χ1v) is 12.1. The van der Waals surface area contributed by atoms with E-state index in [2.05, 4.69) is 5.10 Å². The van der Waals surface area contributed by atoms with Gasteiger partial charge in [0.25, 0.3) is 11.8 Å². The molecule has 0 aliphatic carbocycles. The van der Waals surface area contributed by atoms with Crippen LogP contribution >= 0.6 is 11.3 Å². The Morgan fingerprint density at radius 3 is 2.43 bits per heavy atom. The van der Waals surface area contributed by atoms with Crippen molar-refractivity contribution in [2.75, 3.05) is 27.8 Å². The van der Waals surface area contributed by atoms with Gasteiger partial charge in [0.15, 0.2) is 0 Å². The molecule has 3 aromatic rings. The number of rotatable bonds is 7. The van der Waals surface area contributed by atoms with Gasteiger partial charge in [-0.2, -0.15) is 18.3 Å². The van der Waals surface area contributed by atoms with Crippen molar-refractivity contribution >= 4 is 28.9 Å². The van der Waals surface area contributed by atoms with E-state index in [9.17, 15) is 22.8 Å². The molecule has 4 rings (SSSR count). The summed E-state index contributed by atoms with van der Waals surface area (Å²) in [5.41, 5.74) is 0.598. The number of hydrazone groups is 1. The third kappa shape index (κ3) is 5.61. The predicted octanol–water partition coefficient (Wildman–Crippen LogP) is 5.23. The molecule has 0 radical (unpaired) electrons. The standard InChI is InChI=1S/C26H24F3N3O4S/c1-31(25(34)16-6-8-17(9-7-16)26(27,28)29)15-24(33)32-21(14-20(30-32)23-5-4-12-37-23)19-13-18(35-2)10-11-22(19)36-3/h4-13,21H,14-15H2,1-3H3. The van der Waals surface area contributed by atoms with Gasteiger partial charge in [-0.05, 0) is 53.9 Å². The molecule has 0 saturated heterocycles. The maximum absolute atomic E-state index is 13.4. The average Bonchev–Trinajstić information content (AvgIpc) is 3.58. The van der Waals surface area contributed by atoms with E-state index >= 15 is 0 Å². The van der Waals surface area contributed by atoms with Crippen molar-refractivity contribution in [3.63, 3.8) is 0 Å². The Balaban J connectivity index is 1.59. The molecule has 2 heterocycles. The first-order valence-electron chi connectivity index (χ1n) is 11.2. The summed E-state index contributed by atoms with van der Waals surface area (Å²) in [5, 5.41) is 7.85. The van der Waals surface area contributed by atoms with Crippen LogP contribution in [-0.4, -0.2) is 55.2 Å². The zero-order valence-corrected chi connectivity index (χ0v) is 21.1. The van der Waals surface area contributed by atoms with Crippen LogP contribution in [0.4, 0.5) is 13.2 Å². The number of ether oxygens (including phenoxy) is 2. The van der Waals surface area contributed by atoms with Crippen molar-refractivity contribution in [3.05, 3.63) is 81.5 Å². The zero-order chi connectivity index (χ0) is 26.7. The summed E-state index contributed by atoms with van der Waals surface area (Å²) in [6, 6.07) is 12.5. The molecule has 1 unspecified atom stereocenters. The molecule has 0 fully saturated rings. The quantitative estimate of drug-likeness (QED) is 0.419. The Morgan fingerprint density at radius 1 is 1.11 bits per heavy atom. The summed E-state index contributed by atoms with van der Waals surface area (Å²) in [4.78, 5) is 28.4. The van der Waals surface area contributed by atoms with Crippen LogP contribution in [0.3, 0.4) is 0 Å². The number of thiophene rings is 1. The van der Waals surface area contributed by atoms with E-state index < -0.39 is 29.6 Å². The Hall–Kier alpha value is -3.86. The first-order chi connectivity index (χ1) is 17.6. The lowest BCUT2D eigenvalue weighted by Gasteiger charge is -2.26. The van der Waals surface area contributed by atoms with Gasteiger partial charge in [-0.3, -0.25) is 9.59 Å². The number of carbonyl (C=O) groups is 2. The number of alkyl halides is 3. The highest BCUT2D eigenvalue weighted by Gasteiger charge is 2.36. The third-order valence-corrected chi connectivity index (χ3v) is 6.86. The Kier molecular flexibility index (Phi) is 7.53. The van der Waals surface area contributed by atoms with E-state index in [-0.39, 0.29) is 12.1 Å². The minimum Gasteiger partial charge on any atom is -0.497 e. The largest absolute Gasteiger partial charge is 0.497 e. The molecule has 37 heavy (non-hydrogen) atoms. The number of amides is 2. The number of halogens is 3. The summed E-state index contributed by atoms with van der Waals surface area (Å²) in [5.74, 6) is 0.103. The van der Waals surface area contributed by atoms with E-state index in [0.717, 1.165) is 39.8 Å². The fourth-order valence-electron chi connectivity index (χ4n) is 4.04. The molecule has 11 heteroatoms. The molecule has 1 aliphatic rings. The molecular formula is C26H24F3N3O4S. The topological polar surface area (TPSA) is 71.4 Å². The second-order valence-corrected chi connectivity index (χ2v) is 9.27. The lowest BCUT2D eigenvalue weighted by Crippen LogP contribution is -2.39. The van der Waals surface area contributed by atoms with Gasteiger partial charge in [-0.25, -0.2) is 5.01 Å². The second kappa shape index (κ2) is 10.6. The van der Waals surface area contributed by atoms with Crippen LogP contribution < -0.4 is 9.47 Å². The van der Waals surface area contributed by atoms with E-state index in [0.29, 0.717) is 23.5 Å². The van der Waals surface area contributed by atoms with Crippen LogP contribution in [0.5, 0.6) is 11.5 Å². The summed E-state index contributed by atoms with van der Waals surface area (Å²) in [7, 11) is 4.49. The van der Waals surface area contributed by atoms with Crippen molar-refractivity contribution in [1.82, 2.24) is 9.91 Å². The molecule has 7 nitrogen and oxygen atoms in total. The fraction of sp³-hybridized carbons (Fsp3) is 0.269. The fourth-order valence-corrected chi connectivity index (χ4v) is 4.76. The van der Waals surface area contributed by atoms with Gasteiger partial charge in [0.1, 0.15) is 18.0 Å². The highest BCUT2D eigenvalue weighted by atomic mass is 32.1. The second-order valence-electron chi connectivity index (χ2n) is 8.33. The van der Waals surface area contributed by atoms with Crippen molar-refractivity contribution in [1.29, 1.82) is 0 Å². The summed E-state index contributed by atoms with van der Waals surface area (Å²) in [6.45, 7) is -0.330. The number of nitrogens with zero attached hydrogens (tertiary/aromatic N) is 3. The highest BCUT2D eigenvalue weighted by Crippen LogP contribution is 2.40. The van der Waals surface area contributed by atoms with Gasteiger partial charge in [-0.15, -0.1) is 11.3 Å². The normalized spacial score (nSPS) is 15.4. The van der Waals surface area contributed by atoms with Crippen molar-refractivity contribution < 1.29 is 32.2 Å². The van der Waals surface area contributed by atoms with E-state index in [4.69, 9.17) is 9.47 Å². The van der Waals surface area contributed by atoms with Crippen LogP contribution in [0.2, 0.25) is 0 Å². The van der Waals surface area contributed by atoms with Crippen LogP contribution in [0.15, 0.2) is 65.1 Å². The summed E-state index contributed by atoms with van der Waals surface area (Å²) in [6.07, 6.45) is -4.08. The molecular weight excluding hydrogens is 507 g/mol. The minimum absolute atomic E-state index is 0.0403. The average molecular weight is 532 g/mol. The number of hydrogen-bond donors (Lipinski definition) is 0. The smallest absolute Gasteiger partial charge is 0.416 e. The molecule has 1 atom stereocenters. The van der Waals surface area contributed by atoms with E-state index in [1.54, 1.807) is 25.3 Å². The van der Waals surface area contributed by atoms with E-state index in [1.807, 2.05) is 17.5 Å². The molecule has 1 aliphatic heterocycles. The molecule has 0 spiro atoms. The molecule has 0 bridgehead atoms. The lowest BCUT2D eigenvalue weighted by atomic mass is 9.99. The number of carbonyl (C=O) groups excluding carboxylic acids is 2. The first kappa shape index (κ1) is 26.2. The number of likely N-dealkylation sites (N-methyl/N-ethyl adjacent to an activating group) is 1. The highest BCUT2D eigenvalue weighted by molar-refractivity contribution is 7.12. The van der Waals surface area contributed by atoms with E-state index in [1.165, 1.54) is 30.5 Å². The van der Waals surface area contributed by atoms with Crippen LogP contribution in [-0.2, 0) is 11.0 Å². The summed E-state index contributed by atoms with van der Waals surface area (Å²) >= 11 is 1.50. The molecule has 0 saturated carbocycles. The van der Waals surface area contributed by atoms with Gasteiger partial charge in [-0.1, -0.05) is 6.07 Å². The third-order valence-electron chi connectivity index (χ3n) is 5.95. The van der Waals surface area contributed by atoms with Gasteiger partial charge >= 0.3 is 6.18 Å². The van der Waals surface area contributed by atoms with Crippen molar-refractivity contribution in [2.24, 2.45) is 5.10 Å². The molecule has 2 amide bonds. The zero-order valence-electron chi connectivity index (χ0n) is 20.3. The van der Waals surface area contributed by atoms with Gasteiger partial charge < -0.3 is 14.4 Å². The molecule has 194 valence electrons. The number of methoxy groups -OCH3 is 2. The van der Waals surface area contributed by atoms with Crippen LogP contribution in [0.25, 0.3) is 0 Å². The monoisotopic (exact) mass is 531 g/mol. The number of hydrogen-bond acceptors (Lipinski definition) is 6. The maximum Gasteiger partial charge on any atom is 0.416 e. The Bertz CT molecular complexity index is 1310. The van der Waals surface area contributed by atoms with Crippen LogP contribution in [0, 0.1) is 0 Å². The molecule has 0 N–H and O–H groups in total. The SMILES string of the molecule is COc1ccc(OC)c(C2CC(c3cccs3)=NN2C(=O)CN(C)C(=O)c2ccc(C(F)(F)F)cc2)c1. The van der Waals surface area contributed by atoms with Crippen LogP contribution in [0.1, 0.15) is 38.8 Å². The Morgan fingerprint density at radius 2 is 1.84 bits per heavy atom. The Labute approximate surface area is 215 Å². The molecule has 1 aromatic heterocycles. The minimum atomic E-state index is -4.51. The van der Waals surface area contributed by atoms with Crippen molar-refractivity contribution in [3.8, 4) is 11.5 Å².